The molecule has 1 amide bonds. The molecule has 5 nitrogen and oxygen atoms in total. The minimum absolute atomic E-state index is 0.0348. The van der Waals surface area contributed by atoms with Crippen LogP contribution >= 0.6 is 0 Å². The van der Waals surface area contributed by atoms with Gasteiger partial charge in [-0.3, -0.25) is 4.79 Å². The summed E-state index contributed by atoms with van der Waals surface area (Å²) in [4.78, 5) is 14.2. The molecule has 132 valence electrons. The molecule has 1 aliphatic rings. The first kappa shape index (κ1) is 17.1. The molecule has 0 N–H and O–H groups in total. The van der Waals surface area contributed by atoms with Crippen molar-refractivity contribution in [3.63, 3.8) is 0 Å². The molecule has 0 aromatic heterocycles. The van der Waals surface area contributed by atoms with E-state index < -0.39 is 6.10 Å². The van der Waals surface area contributed by atoms with Crippen molar-refractivity contribution in [2.24, 2.45) is 0 Å². The van der Waals surface area contributed by atoms with Gasteiger partial charge in [-0.05, 0) is 37.6 Å². The van der Waals surface area contributed by atoms with Crippen LogP contribution in [0.1, 0.15) is 12.5 Å². The number of hydrogen-bond donors (Lipinski definition) is 0. The summed E-state index contributed by atoms with van der Waals surface area (Å²) >= 11 is 0. The Morgan fingerprint density at radius 3 is 2.56 bits per heavy atom. The molecular formula is C20H23NO4. The Morgan fingerprint density at radius 2 is 1.84 bits per heavy atom. The van der Waals surface area contributed by atoms with Crippen molar-refractivity contribution in [1.82, 2.24) is 4.90 Å². The largest absolute Gasteiger partial charge is 0.497 e. The fraction of sp³-hybridized carbons (Fsp3) is 0.350. The number of hydrogen-bond acceptors (Lipinski definition) is 4. The van der Waals surface area contributed by atoms with Crippen molar-refractivity contribution in [3.8, 4) is 17.2 Å². The number of amides is 1. The monoisotopic (exact) mass is 341 g/mol. The number of carbonyl (C=O) groups excluding carboxylic acids is 1. The van der Waals surface area contributed by atoms with Crippen LogP contribution in [0.3, 0.4) is 0 Å². The molecular weight excluding hydrogens is 318 g/mol. The number of benzene rings is 2. The highest BCUT2D eigenvalue weighted by Crippen LogP contribution is 2.24. The highest BCUT2D eigenvalue weighted by molar-refractivity contribution is 5.81. The Hall–Kier alpha value is -2.69. The third-order valence-corrected chi connectivity index (χ3v) is 4.25. The van der Waals surface area contributed by atoms with E-state index in [2.05, 4.69) is 0 Å². The van der Waals surface area contributed by atoms with Crippen LogP contribution in [0.5, 0.6) is 17.2 Å². The lowest BCUT2D eigenvalue weighted by Crippen LogP contribution is -2.58. The first-order valence-corrected chi connectivity index (χ1v) is 8.38. The highest BCUT2D eigenvalue weighted by Gasteiger charge is 2.35. The van der Waals surface area contributed by atoms with Crippen LogP contribution in [0.25, 0.3) is 0 Å². The van der Waals surface area contributed by atoms with Gasteiger partial charge in [-0.25, -0.2) is 0 Å². The molecule has 2 aromatic rings. The minimum atomic E-state index is -0.550. The normalized spacial score (nSPS) is 15.2. The molecule has 2 aromatic carbocycles. The second kappa shape index (κ2) is 7.47. The average Bonchev–Trinajstić information content (AvgIpc) is 2.58. The maximum atomic E-state index is 12.5. The van der Waals surface area contributed by atoms with Crippen LogP contribution in [-0.2, 0) is 4.79 Å². The van der Waals surface area contributed by atoms with Crippen LogP contribution in [0.15, 0.2) is 48.5 Å². The maximum Gasteiger partial charge on any atom is 0.263 e. The number of likely N-dealkylation sites (tertiary alicyclic amines) is 1. The van der Waals surface area contributed by atoms with Crippen molar-refractivity contribution in [1.29, 1.82) is 0 Å². The van der Waals surface area contributed by atoms with Gasteiger partial charge in [-0.15, -0.1) is 0 Å². The van der Waals surface area contributed by atoms with Crippen LogP contribution in [0.2, 0.25) is 0 Å². The topological polar surface area (TPSA) is 48.0 Å². The summed E-state index contributed by atoms with van der Waals surface area (Å²) in [6.07, 6.45) is -0.513. The zero-order valence-corrected chi connectivity index (χ0v) is 14.8. The van der Waals surface area contributed by atoms with E-state index in [0.29, 0.717) is 24.6 Å². The van der Waals surface area contributed by atoms with Crippen LogP contribution in [0, 0.1) is 6.92 Å². The third kappa shape index (κ3) is 4.05. The van der Waals surface area contributed by atoms with E-state index in [4.69, 9.17) is 14.2 Å². The molecule has 25 heavy (non-hydrogen) atoms. The Morgan fingerprint density at radius 1 is 1.12 bits per heavy atom. The van der Waals surface area contributed by atoms with Crippen molar-refractivity contribution >= 4 is 5.91 Å². The molecule has 5 heteroatoms. The van der Waals surface area contributed by atoms with E-state index in [1.54, 1.807) is 25.0 Å². The van der Waals surface area contributed by atoms with Crippen LogP contribution in [0.4, 0.5) is 0 Å². The predicted octanol–water partition coefficient (Wildman–Crippen LogP) is 3.06. The van der Waals surface area contributed by atoms with Gasteiger partial charge in [0, 0.05) is 6.07 Å². The molecule has 1 atom stereocenters. The summed E-state index contributed by atoms with van der Waals surface area (Å²) in [5, 5.41) is 0. The standard InChI is InChI=1S/C20H23NO4/c1-14-7-4-5-10-19(14)25-18-12-21(13-18)20(22)15(2)24-17-9-6-8-16(11-17)23-3/h4-11,15,18H,12-13H2,1-3H3/t15-/m1/s1. The van der Waals surface area contributed by atoms with Crippen LogP contribution in [-0.4, -0.2) is 43.2 Å². The van der Waals surface area contributed by atoms with Gasteiger partial charge in [-0.1, -0.05) is 24.3 Å². The van der Waals surface area contributed by atoms with Gasteiger partial charge in [0.25, 0.3) is 5.91 Å². The van der Waals surface area contributed by atoms with E-state index >= 15 is 0 Å². The van der Waals surface area contributed by atoms with E-state index in [1.165, 1.54) is 0 Å². The lowest BCUT2D eigenvalue weighted by Gasteiger charge is -2.40. The Kier molecular flexibility index (Phi) is 5.12. The second-order valence-corrected chi connectivity index (χ2v) is 6.19. The lowest BCUT2D eigenvalue weighted by molar-refractivity contribution is -0.146. The number of para-hydroxylation sites is 1. The zero-order chi connectivity index (χ0) is 17.8. The third-order valence-electron chi connectivity index (χ3n) is 4.25. The SMILES string of the molecule is COc1cccc(O[C@H](C)C(=O)N2CC(Oc3ccccc3C)C2)c1. The first-order chi connectivity index (χ1) is 12.1. The first-order valence-electron chi connectivity index (χ1n) is 8.38. The van der Waals surface area contributed by atoms with Crippen LogP contribution < -0.4 is 14.2 Å². The molecule has 1 fully saturated rings. The Bertz CT molecular complexity index is 740. The summed E-state index contributed by atoms with van der Waals surface area (Å²) in [5.74, 6) is 2.16. The van der Waals surface area contributed by atoms with Gasteiger partial charge in [0.05, 0.1) is 20.2 Å². The van der Waals surface area contributed by atoms with Crippen molar-refractivity contribution in [2.45, 2.75) is 26.1 Å². The van der Waals surface area contributed by atoms with Gasteiger partial charge in [0.15, 0.2) is 6.10 Å². The van der Waals surface area contributed by atoms with Crippen molar-refractivity contribution < 1.29 is 19.0 Å². The molecule has 0 spiro atoms. The molecule has 1 heterocycles. The fourth-order valence-corrected chi connectivity index (χ4v) is 2.75. The number of rotatable bonds is 6. The molecule has 1 saturated heterocycles. The molecule has 1 aliphatic heterocycles. The molecule has 0 aliphatic carbocycles. The van der Waals surface area contributed by atoms with Gasteiger partial charge in [0.1, 0.15) is 23.4 Å². The smallest absolute Gasteiger partial charge is 0.263 e. The number of carbonyl (C=O) groups is 1. The lowest BCUT2D eigenvalue weighted by atomic mass is 10.1. The van der Waals surface area contributed by atoms with E-state index in [-0.39, 0.29) is 12.0 Å². The van der Waals surface area contributed by atoms with Gasteiger partial charge < -0.3 is 19.1 Å². The van der Waals surface area contributed by atoms with E-state index in [0.717, 1.165) is 11.3 Å². The molecule has 0 bridgehead atoms. The maximum absolute atomic E-state index is 12.5. The fourth-order valence-electron chi connectivity index (χ4n) is 2.75. The minimum Gasteiger partial charge on any atom is -0.497 e. The number of nitrogens with zero attached hydrogens (tertiary/aromatic N) is 1. The highest BCUT2D eigenvalue weighted by atomic mass is 16.5. The summed E-state index contributed by atoms with van der Waals surface area (Å²) in [6.45, 7) is 4.94. The van der Waals surface area contributed by atoms with E-state index in [1.807, 2.05) is 49.4 Å². The molecule has 0 unspecified atom stereocenters. The zero-order valence-electron chi connectivity index (χ0n) is 14.8. The van der Waals surface area contributed by atoms with E-state index in [9.17, 15) is 4.79 Å². The molecule has 0 saturated carbocycles. The van der Waals surface area contributed by atoms with Gasteiger partial charge in [-0.2, -0.15) is 0 Å². The quantitative estimate of drug-likeness (QED) is 0.810. The van der Waals surface area contributed by atoms with Gasteiger partial charge in [0.2, 0.25) is 0 Å². The average molecular weight is 341 g/mol. The number of methoxy groups -OCH3 is 1. The number of ether oxygens (including phenoxy) is 3. The Balaban J connectivity index is 1.50. The van der Waals surface area contributed by atoms with Gasteiger partial charge >= 0.3 is 0 Å². The summed E-state index contributed by atoms with van der Waals surface area (Å²) in [5.41, 5.74) is 1.10. The van der Waals surface area contributed by atoms with Crippen molar-refractivity contribution in [2.75, 3.05) is 20.2 Å². The summed E-state index contributed by atoms with van der Waals surface area (Å²) in [7, 11) is 1.60. The molecule has 3 rings (SSSR count). The second-order valence-electron chi connectivity index (χ2n) is 6.19. The Labute approximate surface area is 148 Å². The molecule has 0 radical (unpaired) electrons. The number of aryl methyl sites for hydroxylation is 1. The summed E-state index contributed by atoms with van der Waals surface area (Å²) < 4.78 is 16.8. The predicted molar refractivity (Wildman–Crippen MR) is 95.3 cm³/mol. The van der Waals surface area contributed by atoms with Crippen molar-refractivity contribution in [3.05, 3.63) is 54.1 Å². The summed E-state index contributed by atoms with van der Waals surface area (Å²) in [6, 6.07) is 15.2.